The van der Waals surface area contributed by atoms with Crippen molar-refractivity contribution >= 4 is 16.9 Å². The molecule has 3 rings (SSSR count). The van der Waals surface area contributed by atoms with Crippen LogP contribution in [0.1, 0.15) is 11.7 Å². The van der Waals surface area contributed by atoms with Crippen LogP contribution in [0, 0.1) is 0 Å². The van der Waals surface area contributed by atoms with E-state index in [-0.39, 0.29) is 12.2 Å². The molecule has 0 aliphatic carbocycles. The minimum absolute atomic E-state index is 0.154. The lowest BCUT2D eigenvalue weighted by Gasteiger charge is -2.11. The summed E-state index contributed by atoms with van der Waals surface area (Å²) >= 11 is 0. The summed E-state index contributed by atoms with van der Waals surface area (Å²) in [6, 6.07) is 14.3. The molecule has 2 aromatic rings. The highest BCUT2D eigenvalue weighted by molar-refractivity contribution is 5.86. The molecule has 86 valence electrons. The van der Waals surface area contributed by atoms with Crippen molar-refractivity contribution in [3.8, 4) is 0 Å². The lowest BCUT2D eigenvalue weighted by molar-refractivity contribution is 0.135. The van der Waals surface area contributed by atoms with Crippen LogP contribution in [0.2, 0.25) is 0 Å². The Morgan fingerprint density at radius 2 is 1.94 bits per heavy atom. The molecule has 1 aliphatic rings. The number of benzene rings is 2. The molecule has 3 heteroatoms. The first-order chi connectivity index (χ1) is 8.25. The fourth-order valence-corrected chi connectivity index (χ4v) is 2.27. The van der Waals surface area contributed by atoms with Crippen LogP contribution >= 0.6 is 0 Å². The number of hydrogen-bond acceptors (Lipinski definition) is 2. The third-order valence-corrected chi connectivity index (χ3v) is 3.16. The number of likely N-dealkylation sites (N-methyl/N-ethyl adjacent to an activating group) is 1. The molecule has 2 aromatic carbocycles. The Hall–Kier alpha value is -2.03. The molecule has 1 atom stereocenters. The second-order valence-corrected chi connectivity index (χ2v) is 4.32. The molecule has 1 aliphatic heterocycles. The van der Waals surface area contributed by atoms with E-state index in [1.54, 1.807) is 11.9 Å². The van der Waals surface area contributed by atoms with Gasteiger partial charge in [0.1, 0.15) is 6.10 Å². The van der Waals surface area contributed by atoms with Gasteiger partial charge in [-0.25, -0.2) is 4.79 Å². The molecule has 3 nitrogen and oxygen atoms in total. The van der Waals surface area contributed by atoms with Crippen LogP contribution in [0.15, 0.2) is 42.5 Å². The summed E-state index contributed by atoms with van der Waals surface area (Å²) in [7, 11) is 1.76. The summed E-state index contributed by atoms with van der Waals surface area (Å²) in [5, 5.41) is 2.33. The molecule has 17 heavy (non-hydrogen) atoms. The SMILES string of the molecule is CN1C[C@H](c2cccc3ccccc23)OC1=O. The summed E-state index contributed by atoms with van der Waals surface area (Å²) in [6.07, 6.45) is -0.401. The normalized spacial score (nSPS) is 19.7. The molecular weight excluding hydrogens is 214 g/mol. The maximum absolute atomic E-state index is 11.4. The van der Waals surface area contributed by atoms with E-state index in [0.29, 0.717) is 6.54 Å². The van der Waals surface area contributed by atoms with Gasteiger partial charge in [0.15, 0.2) is 0 Å². The Kier molecular flexibility index (Phi) is 2.25. The van der Waals surface area contributed by atoms with Crippen molar-refractivity contribution in [3.05, 3.63) is 48.0 Å². The number of carbonyl (C=O) groups excluding carboxylic acids is 1. The zero-order valence-electron chi connectivity index (χ0n) is 9.59. The quantitative estimate of drug-likeness (QED) is 0.749. The molecule has 1 fully saturated rings. The third kappa shape index (κ3) is 1.64. The van der Waals surface area contributed by atoms with Gasteiger partial charge < -0.3 is 9.64 Å². The van der Waals surface area contributed by atoms with Crippen molar-refractivity contribution < 1.29 is 9.53 Å². The minimum Gasteiger partial charge on any atom is -0.439 e. The van der Waals surface area contributed by atoms with Crippen molar-refractivity contribution in [3.63, 3.8) is 0 Å². The van der Waals surface area contributed by atoms with Gasteiger partial charge in [0.25, 0.3) is 0 Å². The zero-order chi connectivity index (χ0) is 11.8. The summed E-state index contributed by atoms with van der Waals surface area (Å²) in [4.78, 5) is 13.0. The molecule has 0 spiro atoms. The molecular formula is C14H13NO2. The highest BCUT2D eigenvalue weighted by Crippen LogP contribution is 2.30. The predicted molar refractivity (Wildman–Crippen MR) is 65.8 cm³/mol. The number of rotatable bonds is 1. The van der Waals surface area contributed by atoms with E-state index in [2.05, 4.69) is 18.2 Å². The van der Waals surface area contributed by atoms with Crippen molar-refractivity contribution in [1.82, 2.24) is 4.90 Å². The number of hydrogen-bond donors (Lipinski definition) is 0. The Labute approximate surface area is 99.6 Å². The molecule has 1 saturated heterocycles. The van der Waals surface area contributed by atoms with Crippen LogP contribution in [-0.2, 0) is 4.74 Å². The van der Waals surface area contributed by atoms with Gasteiger partial charge in [-0.1, -0.05) is 42.5 Å². The van der Waals surface area contributed by atoms with E-state index in [1.807, 2.05) is 24.3 Å². The van der Waals surface area contributed by atoms with E-state index >= 15 is 0 Å². The summed E-state index contributed by atoms with van der Waals surface area (Å²) in [5.41, 5.74) is 1.08. The average Bonchev–Trinajstić information content (AvgIpc) is 2.69. The van der Waals surface area contributed by atoms with Crippen LogP contribution in [0.3, 0.4) is 0 Å². The van der Waals surface area contributed by atoms with Gasteiger partial charge >= 0.3 is 6.09 Å². The van der Waals surface area contributed by atoms with Crippen LogP contribution in [0.5, 0.6) is 0 Å². The van der Waals surface area contributed by atoms with Crippen molar-refractivity contribution in [1.29, 1.82) is 0 Å². The second kappa shape index (κ2) is 3.77. The smallest absolute Gasteiger partial charge is 0.410 e. The summed E-state index contributed by atoms with van der Waals surface area (Å²) < 4.78 is 5.35. The number of cyclic esters (lactones) is 1. The minimum atomic E-state index is -0.247. The monoisotopic (exact) mass is 227 g/mol. The number of fused-ring (bicyclic) bond motifs is 1. The van der Waals surface area contributed by atoms with Gasteiger partial charge in [-0.3, -0.25) is 0 Å². The Morgan fingerprint density at radius 1 is 1.18 bits per heavy atom. The van der Waals surface area contributed by atoms with Gasteiger partial charge in [0.05, 0.1) is 6.54 Å². The topological polar surface area (TPSA) is 29.5 Å². The maximum atomic E-state index is 11.4. The van der Waals surface area contributed by atoms with Crippen LogP contribution in [0.25, 0.3) is 10.8 Å². The first kappa shape index (κ1) is 10.1. The van der Waals surface area contributed by atoms with Crippen molar-refractivity contribution in [2.45, 2.75) is 6.10 Å². The zero-order valence-corrected chi connectivity index (χ0v) is 9.59. The molecule has 0 unspecified atom stereocenters. The fourth-order valence-electron chi connectivity index (χ4n) is 2.27. The maximum Gasteiger partial charge on any atom is 0.410 e. The van der Waals surface area contributed by atoms with E-state index in [4.69, 9.17) is 4.74 Å². The van der Waals surface area contributed by atoms with Gasteiger partial charge in [0, 0.05) is 12.6 Å². The number of carbonyl (C=O) groups is 1. The predicted octanol–water partition coefficient (Wildman–Crippen LogP) is 2.96. The molecule has 1 heterocycles. The van der Waals surface area contributed by atoms with Crippen LogP contribution in [-0.4, -0.2) is 24.6 Å². The van der Waals surface area contributed by atoms with Crippen molar-refractivity contribution in [2.75, 3.05) is 13.6 Å². The fraction of sp³-hybridized carbons (Fsp3) is 0.214. The van der Waals surface area contributed by atoms with E-state index in [1.165, 1.54) is 5.39 Å². The highest BCUT2D eigenvalue weighted by atomic mass is 16.6. The molecule has 0 radical (unpaired) electrons. The average molecular weight is 227 g/mol. The molecule has 0 N–H and O–H groups in total. The Morgan fingerprint density at radius 3 is 2.71 bits per heavy atom. The summed E-state index contributed by atoms with van der Waals surface area (Å²) in [5.74, 6) is 0. The number of ether oxygens (including phenoxy) is 1. The van der Waals surface area contributed by atoms with Gasteiger partial charge in [-0.15, -0.1) is 0 Å². The van der Waals surface area contributed by atoms with Crippen LogP contribution < -0.4 is 0 Å². The number of amides is 1. The standard InChI is InChI=1S/C14H13NO2/c1-15-9-13(17-14(15)16)12-8-4-6-10-5-2-3-7-11(10)12/h2-8,13H,9H2,1H3/t13-/m1/s1. The largest absolute Gasteiger partial charge is 0.439 e. The third-order valence-electron chi connectivity index (χ3n) is 3.16. The van der Waals surface area contributed by atoms with Gasteiger partial charge in [0.2, 0.25) is 0 Å². The van der Waals surface area contributed by atoms with Gasteiger partial charge in [-0.05, 0) is 10.8 Å². The summed E-state index contributed by atoms with van der Waals surface area (Å²) in [6.45, 7) is 0.618. The number of nitrogens with zero attached hydrogens (tertiary/aromatic N) is 1. The molecule has 1 amide bonds. The lowest BCUT2D eigenvalue weighted by atomic mass is 10.0. The molecule has 0 aromatic heterocycles. The van der Waals surface area contributed by atoms with E-state index in [9.17, 15) is 4.79 Å². The Balaban J connectivity index is 2.09. The first-order valence-electron chi connectivity index (χ1n) is 5.65. The molecule has 0 bridgehead atoms. The van der Waals surface area contributed by atoms with Crippen molar-refractivity contribution in [2.24, 2.45) is 0 Å². The Bertz CT molecular complexity index is 574. The van der Waals surface area contributed by atoms with E-state index < -0.39 is 0 Å². The second-order valence-electron chi connectivity index (χ2n) is 4.32. The van der Waals surface area contributed by atoms with Gasteiger partial charge in [-0.2, -0.15) is 0 Å². The van der Waals surface area contributed by atoms with E-state index in [0.717, 1.165) is 10.9 Å². The van der Waals surface area contributed by atoms with Crippen LogP contribution in [0.4, 0.5) is 4.79 Å². The molecule has 0 saturated carbocycles. The lowest BCUT2D eigenvalue weighted by Crippen LogP contribution is -2.17. The first-order valence-corrected chi connectivity index (χ1v) is 5.65. The highest BCUT2D eigenvalue weighted by Gasteiger charge is 2.30.